The van der Waals surface area contributed by atoms with Gasteiger partial charge in [0.05, 0.1) is 0 Å². The van der Waals surface area contributed by atoms with Crippen LogP contribution in [-0.2, 0) is 9.53 Å². The summed E-state index contributed by atoms with van der Waals surface area (Å²) in [6.07, 6.45) is 5.69. The van der Waals surface area contributed by atoms with Crippen molar-refractivity contribution in [3.8, 4) is 0 Å². The van der Waals surface area contributed by atoms with E-state index < -0.39 is 0 Å². The van der Waals surface area contributed by atoms with Crippen molar-refractivity contribution in [2.75, 3.05) is 19.8 Å². The molecule has 1 N–H and O–H groups in total. The number of nitrogens with one attached hydrogen (secondary N) is 1. The predicted octanol–water partition coefficient (Wildman–Crippen LogP) is 1.25. The van der Waals surface area contributed by atoms with Gasteiger partial charge in [0, 0.05) is 38.0 Å². The molecule has 1 heterocycles. The summed E-state index contributed by atoms with van der Waals surface area (Å²) in [5.41, 5.74) is 1.12. The molecule has 0 bridgehead atoms. The average Bonchev–Trinajstić information content (AvgIpc) is 2.77. The molecule has 78 valence electrons. The number of hydrogen-bond acceptors (Lipinski definition) is 3. The SMILES string of the molecule is O=C1C=C(NCCC2CCOC2)CC1. The Labute approximate surface area is 84.5 Å². The van der Waals surface area contributed by atoms with Crippen molar-refractivity contribution in [1.82, 2.24) is 5.32 Å². The fraction of sp³-hybridized carbons (Fsp3) is 0.727. The molecule has 2 aliphatic rings. The van der Waals surface area contributed by atoms with Gasteiger partial charge >= 0.3 is 0 Å². The van der Waals surface area contributed by atoms with Gasteiger partial charge in [-0.2, -0.15) is 0 Å². The van der Waals surface area contributed by atoms with Crippen LogP contribution in [0, 0.1) is 5.92 Å². The topological polar surface area (TPSA) is 38.3 Å². The first-order valence-corrected chi connectivity index (χ1v) is 5.39. The third-order valence-electron chi connectivity index (χ3n) is 2.90. The Morgan fingerprint density at radius 3 is 3.07 bits per heavy atom. The smallest absolute Gasteiger partial charge is 0.157 e. The largest absolute Gasteiger partial charge is 0.388 e. The predicted molar refractivity (Wildman–Crippen MR) is 53.9 cm³/mol. The lowest BCUT2D eigenvalue weighted by Crippen LogP contribution is -2.16. The second-order valence-corrected chi connectivity index (χ2v) is 4.08. The molecule has 1 aliphatic carbocycles. The van der Waals surface area contributed by atoms with Crippen LogP contribution in [0.25, 0.3) is 0 Å². The number of allylic oxidation sites excluding steroid dienone is 2. The molecule has 2 rings (SSSR count). The van der Waals surface area contributed by atoms with Crippen LogP contribution < -0.4 is 5.32 Å². The maximum Gasteiger partial charge on any atom is 0.157 e. The fourth-order valence-electron chi connectivity index (χ4n) is 1.98. The van der Waals surface area contributed by atoms with Crippen molar-refractivity contribution in [3.63, 3.8) is 0 Å². The first-order chi connectivity index (χ1) is 6.84. The molecule has 0 aromatic heterocycles. The lowest BCUT2D eigenvalue weighted by Gasteiger charge is -2.09. The summed E-state index contributed by atoms with van der Waals surface area (Å²) in [4.78, 5) is 10.9. The highest BCUT2D eigenvalue weighted by molar-refractivity contribution is 5.92. The third kappa shape index (κ3) is 2.58. The highest BCUT2D eigenvalue weighted by Crippen LogP contribution is 2.16. The average molecular weight is 195 g/mol. The summed E-state index contributed by atoms with van der Waals surface area (Å²) in [7, 11) is 0. The van der Waals surface area contributed by atoms with E-state index in [1.165, 1.54) is 6.42 Å². The molecule has 0 amide bonds. The fourth-order valence-corrected chi connectivity index (χ4v) is 1.98. The van der Waals surface area contributed by atoms with E-state index in [9.17, 15) is 4.79 Å². The number of carbonyl (C=O) groups excluding carboxylic acids is 1. The summed E-state index contributed by atoms with van der Waals surface area (Å²) < 4.78 is 5.30. The zero-order chi connectivity index (χ0) is 9.80. The van der Waals surface area contributed by atoms with Gasteiger partial charge in [0.2, 0.25) is 0 Å². The molecule has 1 aliphatic heterocycles. The van der Waals surface area contributed by atoms with Gasteiger partial charge in [-0.3, -0.25) is 4.79 Å². The first-order valence-electron chi connectivity index (χ1n) is 5.39. The minimum atomic E-state index is 0.261. The number of hydrogen-bond donors (Lipinski definition) is 1. The molecular weight excluding hydrogens is 178 g/mol. The van der Waals surface area contributed by atoms with Crippen LogP contribution in [0.15, 0.2) is 11.8 Å². The van der Waals surface area contributed by atoms with E-state index in [1.54, 1.807) is 6.08 Å². The molecule has 0 aromatic rings. The van der Waals surface area contributed by atoms with Gasteiger partial charge in [0.25, 0.3) is 0 Å². The van der Waals surface area contributed by atoms with Crippen LogP contribution in [0.4, 0.5) is 0 Å². The number of rotatable bonds is 4. The first kappa shape index (κ1) is 9.71. The van der Waals surface area contributed by atoms with Crippen molar-refractivity contribution in [3.05, 3.63) is 11.8 Å². The van der Waals surface area contributed by atoms with Crippen LogP contribution in [-0.4, -0.2) is 25.5 Å². The van der Waals surface area contributed by atoms with Gasteiger partial charge in [-0.05, 0) is 25.2 Å². The Kier molecular flexibility index (Phi) is 3.19. The lowest BCUT2D eigenvalue weighted by molar-refractivity contribution is -0.114. The quantitative estimate of drug-likeness (QED) is 0.733. The van der Waals surface area contributed by atoms with E-state index in [0.29, 0.717) is 6.42 Å². The molecule has 0 radical (unpaired) electrons. The number of ketones is 1. The van der Waals surface area contributed by atoms with E-state index >= 15 is 0 Å². The lowest BCUT2D eigenvalue weighted by atomic mass is 10.1. The van der Waals surface area contributed by atoms with Gasteiger partial charge in [-0.1, -0.05) is 0 Å². The Balaban J connectivity index is 1.62. The highest BCUT2D eigenvalue weighted by Gasteiger charge is 2.16. The van der Waals surface area contributed by atoms with Crippen molar-refractivity contribution in [2.24, 2.45) is 5.92 Å². The monoisotopic (exact) mass is 195 g/mol. The van der Waals surface area contributed by atoms with E-state index in [2.05, 4.69) is 5.32 Å². The summed E-state index contributed by atoms with van der Waals surface area (Å²) >= 11 is 0. The van der Waals surface area contributed by atoms with Crippen LogP contribution in [0.2, 0.25) is 0 Å². The Hall–Kier alpha value is -0.830. The standard InChI is InChI=1S/C11H17NO2/c13-11-2-1-10(7-11)12-5-3-9-4-6-14-8-9/h7,9,12H,1-6,8H2. The van der Waals surface area contributed by atoms with Gasteiger partial charge in [0.1, 0.15) is 0 Å². The molecule has 14 heavy (non-hydrogen) atoms. The molecule has 0 aromatic carbocycles. The molecule has 1 fully saturated rings. The second kappa shape index (κ2) is 4.60. The minimum absolute atomic E-state index is 0.261. The Morgan fingerprint density at radius 2 is 2.43 bits per heavy atom. The van der Waals surface area contributed by atoms with Crippen LogP contribution in [0.5, 0.6) is 0 Å². The van der Waals surface area contributed by atoms with E-state index in [1.807, 2.05) is 0 Å². The summed E-state index contributed by atoms with van der Waals surface area (Å²) in [6, 6.07) is 0. The molecule has 0 saturated carbocycles. The number of carbonyl (C=O) groups is 1. The maximum absolute atomic E-state index is 10.9. The molecular formula is C11H17NO2. The molecule has 3 nitrogen and oxygen atoms in total. The molecule has 1 unspecified atom stereocenters. The van der Waals surface area contributed by atoms with Gasteiger partial charge in [-0.15, -0.1) is 0 Å². The maximum atomic E-state index is 10.9. The molecule has 0 spiro atoms. The summed E-state index contributed by atoms with van der Waals surface area (Å²) in [5.74, 6) is 0.983. The minimum Gasteiger partial charge on any atom is -0.388 e. The molecule has 1 atom stereocenters. The van der Waals surface area contributed by atoms with Crippen LogP contribution >= 0.6 is 0 Å². The summed E-state index contributed by atoms with van der Waals surface area (Å²) in [5, 5.41) is 3.32. The third-order valence-corrected chi connectivity index (χ3v) is 2.90. The normalized spacial score (nSPS) is 26.7. The zero-order valence-corrected chi connectivity index (χ0v) is 8.42. The van der Waals surface area contributed by atoms with Crippen molar-refractivity contribution < 1.29 is 9.53 Å². The second-order valence-electron chi connectivity index (χ2n) is 4.08. The summed E-state index contributed by atoms with van der Waals surface area (Å²) in [6.45, 7) is 2.82. The Morgan fingerprint density at radius 1 is 1.50 bits per heavy atom. The zero-order valence-electron chi connectivity index (χ0n) is 8.42. The Bertz CT molecular complexity index is 242. The molecule has 1 saturated heterocycles. The molecule has 3 heteroatoms. The van der Waals surface area contributed by atoms with Crippen LogP contribution in [0.3, 0.4) is 0 Å². The number of ether oxygens (including phenoxy) is 1. The van der Waals surface area contributed by atoms with Crippen molar-refractivity contribution >= 4 is 5.78 Å². The van der Waals surface area contributed by atoms with E-state index in [4.69, 9.17) is 4.74 Å². The van der Waals surface area contributed by atoms with Gasteiger partial charge in [0.15, 0.2) is 5.78 Å². The van der Waals surface area contributed by atoms with Crippen molar-refractivity contribution in [1.29, 1.82) is 0 Å². The van der Waals surface area contributed by atoms with E-state index in [0.717, 1.165) is 44.2 Å². The van der Waals surface area contributed by atoms with Crippen molar-refractivity contribution in [2.45, 2.75) is 25.7 Å². The van der Waals surface area contributed by atoms with Crippen LogP contribution in [0.1, 0.15) is 25.7 Å². The van der Waals surface area contributed by atoms with E-state index in [-0.39, 0.29) is 5.78 Å². The highest BCUT2D eigenvalue weighted by atomic mass is 16.5. The van der Waals surface area contributed by atoms with Gasteiger partial charge < -0.3 is 10.1 Å². The van der Waals surface area contributed by atoms with Gasteiger partial charge in [-0.25, -0.2) is 0 Å².